The van der Waals surface area contributed by atoms with Crippen LogP contribution >= 0.6 is 0 Å². The monoisotopic (exact) mass is 291 g/mol. The molecule has 0 radical (unpaired) electrons. The smallest absolute Gasteiger partial charge is 0.165 e. The Bertz CT molecular complexity index is 522. The second-order valence-corrected chi connectivity index (χ2v) is 4.94. The van der Waals surface area contributed by atoms with Crippen LogP contribution in [0.25, 0.3) is 0 Å². The minimum Gasteiger partial charge on any atom is -0.379 e. The molecule has 0 aliphatic rings. The molecule has 1 atom stereocenters. The number of carbonyl (C=O) groups excluding carboxylic acids is 1. The first kappa shape index (κ1) is 17.1. The Morgan fingerprint density at radius 1 is 1.43 bits per heavy atom. The van der Waals surface area contributed by atoms with Crippen LogP contribution in [0.15, 0.2) is 48.3 Å². The molecule has 4 heteroatoms. The number of aliphatic hydroxyl groups is 1. The minimum absolute atomic E-state index is 0.308. The maximum Gasteiger partial charge on any atom is 0.165 e. The van der Waals surface area contributed by atoms with E-state index < -0.39 is 5.60 Å². The summed E-state index contributed by atoms with van der Waals surface area (Å²) in [5, 5.41) is 13.8. The van der Waals surface area contributed by atoms with Crippen LogP contribution in [-0.4, -0.2) is 11.4 Å². The third-order valence-corrected chi connectivity index (χ3v) is 3.45. The van der Waals surface area contributed by atoms with E-state index in [-0.39, 0.29) is 5.82 Å². The molecule has 0 aromatic heterocycles. The molecule has 114 valence electrons. The fourth-order valence-corrected chi connectivity index (χ4v) is 2.07. The van der Waals surface area contributed by atoms with Gasteiger partial charge in [0.15, 0.2) is 6.29 Å². The summed E-state index contributed by atoms with van der Waals surface area (Å²) < 4.78 is 13.1. The van der Waals surface area contributed by atoms with Crippen molar-refractivity contribution < 1.29 is 14.3 Å². The summed E-state index contributed by atoms with van der Waals surface area (Å²) in [6, 6.07) is 5.67. The van der Waals surface area contributed by atoms with Gasteiger partial charge < -0.3 is 10.4 Å². The Kier molecular flexibility index (Phi) is 6.31. The van der Waals surface area contributed by atoms with E-state index in [9.17, 15) is 14.3 Å². The SMILES string of the molecule is C=C(N/C(C=O)=C\C)C(O)(CCCC)c1ccc(F)cc1. The lowest BCUT2D eigenvalue weighted by molar-refractivity contribution is -0.105. The summed E-state index contributed by atoms with van der Waals surface area (Å²) in [6.07, 6.45) is 4.39. The van der Waals surface area contributed by atoms with E-state index in [0.717, 1.165) is 12.8 Å². The van der Waals surface area contributed by atoms with E-state index in [4.69, 9.17) is 0 Å². The van der Waals surface area contributed by atoms with E-state index in [1.54, 1.807) is 13.0 Å². The number of aldehydes is 1. The largest absolute Gasteiger partial charge is 0.379 e. The Hall–Kier alpha value is -1.94. The van der Waals surface area contributed by atoms with Crippen LogP contribution in [0.4, 0.5) is 4.39 Å². The van der Waals surface area contributed by atoms with Gasteiger partial charge in [-0.25, -0.2) is 4.39 Å². The van der Waals surface area contributed by atoms with Crippen molar-refractivity contribution in [2.24, 2.45) is 0 Å². The molecule has 21 heavy (non-hydrogen) atoms. The summed E-state index contributed by atoms with van der Waals surface area (Å²) in [5.74, 6) is -0.364. The Morgan fingerprint density at radius 2 is 2.05 bits per heavy atom. The molecule has 2 N–H and O–H groups in total. The Labute approximate surface area is 125 Å². The molecule has 0 spiro atoms. The zero-order valence-electron chi connectivity index (χ0n) is 12.5. The van der Waals surface area contributed by atoms with Crippen molar-refractivity contribution in [3.05, 3.63) is 59.7 Å². The van der Waals surface area contributed by atoms with Gasteiger partial charge in [0.1, 0.15) is 11.4 Å². The minimum atomic E-state index is -1.35. The van der Waals surface area contributed by atoms with Gasteiger partial charge in [0.25, 0.3) is 0 Å². The summed E-state index contributed by atoms with van der Waals surface area (Å²) in [6.45, 7) is 7.59. The van der Waals surface area contributed by atoms with Gasteiger partial charge >= 0.3 is 0 Å². The van der Waals surface area contributed by atoms with Gasteiger partial charge in [-0.2, -0.15) is 0 Å². The lowest BCUT2D eigenvalue weighted by atomic mass is 9.85. The van der Waals surface area contributed by atoms with E-state index in [1.165, 1.54) is 24.3 Å². The number of nitrogens with one attached hydrogen (secondary N) is 1. The van der Waals surface area contributed by atoms with Crippen molar-refractivity contribution in [1.82, 2.24) is 5.32 Å². The molecule has 1 rings (SSSR count). The van der Waals surface area contributed by atoms with Crippen LogP contribution < -0.4 is 5.32 Å². The van der Waals surface area contributed by atoms with Crippen LogP contribution in [0.2, 0.25) is 0 Å². The molecule has 0 amide bonds. The summed E-state index contributed by atoms with van der Waals surface area (Å²) in [5.41, 5.74) is -0.156. The molecule has 0 fully saturated rings. The van der Waals surface area contributed by atoms with Crippen LogP contribution in [0.1, 0.15) is 38.7 Å². The number of benzene rings is 1. The zero-order valence-corrected chi connectivity index (χ0v) is 12.5. The average molecular weight is 291 g/mol. The van der Waals surface area contributed by atoms with Gasteiger partial charge in [-0.05, 0) is 31.0 Å². The van der Waals surface area contributed by atoms with Gasteiger partial charge in [-0.1, -0.05) is 44.6 Å². The van der Waals surface area contributed by atoms with Crippen LogP contribution in [-0.2, 0) is 10.4 Å². The summed E-state index contributed by atoms with van der Waals surface area (Å²) in [7, 11) is 0. The number of carbonyl (C=O) groups is 1. The number of unbranched alkanes of at least 4 members (excludes halogenated alkanes) is 1. The number of allylic oxidation sites excluding steroid dienone is 2. The number of hydrogen-bond acceptors (Lipinski definition) is 3. The molecule has 0 saturated heterocycles. The van der Waals surface area contributed by atoms with Gasteiger partial charge in [0, 0.05) is 5.70 Å². The molecular weight excluding hydrogens is 269 g/mol. The molecule has 0 heterocycles. The molecule has 1 aromatic carbocycles. The van der Waals surface area contributed by atoms with Crippen LogP contribution in [0.3, 0.4) is 0 Å². The van der Waals surface area contributed by atoms with E-state index in [1.807, 2.05) is 6.92 Å². The van der Waals surface area contributed by atoms with E-state index >= 15 is 0 Å². The first-order chi connectivity index (χ1) is 9.97. The van der Waals surface area contributed by atoms with Crippen LogP contribution in [0.5, 0.6) is 0 Å². The highest BCUT2D eigenvalue weighted by molar-refractivity contribution is 5.72. The Morgan fingerprint density at radius 3 is 2.52 bits per heavy atom. The van der Waals surface area contributed by atoms with Crippen molar-refractivity contribution in [2.45, 2.75) is 38.7 Å². The number of hydrogen-bond donors (Lipinski definition) is 2. The molecule has 1 aromatic rings. The van der Waals surface area contributed by atoms with E-state index in [0.29, 0.717) is 29.7 Å². The van der Waals surface area contributed by atoms with E-state index in [2.05, 4.69) is 11.9 Å². The number of rotatable bonds is 8. The topological polar surface area (TPSA) is 49.3 Å². The normalized spacial score (nSPS) is 14.4. The van der Waals surface area contributed by atoms with Crippen molar-refractivity contribution >= 4 is 6.29 Å². The van der Waals surface area contributed by atoms with Crippen molar-refractivity contribution in [3.63, 3.8) is 0 Å². The van der Waals surface area contributed by atoms with Crippen molar-refractivity contribution in [1.29, 1.82) is 0 Å². The highest BCUT2D eigenvalue weighted by Crippen LogP contribution is 2.33. The molecule has 0 aliphatic heterocycles. The highest BCUT2D eigenvalue weighted by atomic mass is 19.1. The quantitative estimate of drug-likeness (QED) is 0.570. The first-order valence-corrected chi connectivity index (χ1v) is 7.04. The average Bonchev–Trinajstić information content (AvgIpc) is 2.50. The fraction of sp³-hybridized carbons (Fsp3) is 0.353. The maximum atomic E-state index is 13.1. The molecule has 0 saturated carbocycles. The van der Waals surface area contributed by atoms with Gasteiger partial charge in [-0.3, -0.25) is 4.79 Å². The van der Waals surface area contributed by atoms with Gasteiger partial charge in [0.05, 0.1) is 5.70 Å². The van der Waals surface area contributed by atoms with Crippen molar-refractivity contribution in [2.75, 3.05) is 0 Å². The highest BCUT2D eigenvalue weighted by Gasteiger charge is 2.32. The molecular formula is C17H22FNO2. The van der Waals surface area contributed by atoms with Gasteiger partial charge in [-0.15, -0.1) is 0 Å². The zero-order chi connectivity index (χ0) is 15.9. The van der Waals surface area contributed by atoms with Crippen molar-refractivity contribution in [3.8, 4) is 0 Å². The summed E-state index contributed by atoms with van der Waals surface area (Å²) in [4.78, 5) is 10.9. The number of halogens is 1. The second kappa shape index (κ2) is 7.74. The molecule has 0 bridgehead atoms. The standard InChI is InChI=1S/C17H22FNO2/c1-4-6-11-17(21,13(3)19-16(5-2)12-20)14-7-9-15(18)10-8-14/h5,7-10,12,19,21H,3-4,6,11H2,1-2H3/b16-5-. The van der Waals surface area contributed by atoms with Gasteiger partial charge in [0.2, 0.25) is 0 Å². The third kappa shape index (κ3) is 4.26. The maximum absolute atomic E-state index is 13.1. The second-order valence-electron chi connectivity index (χ2n) is 4.94. The lowest BCUT2D eigenvalue weighted by Gasteiger charge is -2.31. The predicted octanol–water partition coefficient (Wildman–Crippen LogP) is 3.41. The molecule has 0 aliphatic carbocycles. The Balaban J connectivity index is 3.10. The molecule has 1 unspecified atom stereocenters. The first-order valence-electron chi connectivity index (χ1n) is 7.04. The molecule has 3 nitrogen and oxygen atoms in total. The summed E-state index contributed by atoms with van der Waals surface area (Å²) >= 11 is 0. The third-order valence-electron chi connectivity index (χ3n) is 3.45. The predicted molar refractivity (Wildman–Crippen MR) is 81.9 cm³/mol. The van der Waals surface area contributed by atoms with Crippen LogP contribution in [0, 0.1) is 5.82 Å². The lowest BCUT2D eigenvalue weighted by Crippen LogP contribution is -2.35. The fourth-order valence-electron chi connectivity index (χ4n) is 2.07.